The van der Waals surface area contributed by atoms with Gasteiger partial charge in [-0.3, -0.25) is 4.52 Å². The Hall–Kier alpha value is 1.03. The predicted molar refractivity (Wildman–Crippen MR) is 28.9 cm³/mol. The summed E-state index contributed by atoms with van der Waals surface area (Å²) in [5.74, 6) is 0. The number of phosphoric ester groups is 1. The zero-order valence-electron chi connectivity index (χ0n) is 6.01. The zero-order chi connectivity index (χ0) is 8.20. The molecule has 0 saturated carbocycles. The average Bonchev–Trinajstić information content (AvgIpc) is 1.81. The molecule has 11 heavy (non-hydrogen) atoms. The number of phosphoric acid groups is 1. The van der Waals surface area contributed by atoms with Crippen molar-refractivity contribution in [2.45, 2.75) is 6.10 Å². The number of aliphatic hydroxyl groups excluding tert-OH is 1. The van der Waals surface area contributed by atoms with E-state index in [1.54, 1.807) is 0 Å². The van der Waals surface area contributed by atoms with Crippen molar-refractivity contribution in [3.05, 3.63) is 0 Å². The average molecular weight is 194 g/mol. The summed E-state index contributed by atoms with van der Waals surface area (Å²) in [7, 11) is -4.54. The molecule has 62 valence electrons. The van der Waals surface area contributed by atoms with E-state index < -0.39 is 27.1 Å². The largest absolute Gasteiger partial charge is 1.00 e. The van der Waals surface area contributed by atoms with Gasteiger partial charge in [0.2, 0.25) is 0 Å². The van der Waals surface area contributed by atoms with Crippen LogP contribution in [0.5, 0.6) is 0 Å². The molecule has 1 atom stereocenters. The second-order valence-electron chi connectivity index (χ2n) is 1.59. The topological polar surface area (TPSA) is 110 Å². The van der Waals surface area contributed by atoms with Crippen LogP contribution >= 0.6 is 7.82 Å². The van der Waals surface area contributed by atoms with Gasteiger partial charge < -0.3 is 20.0 Å². The third-order valence-corrected chi connectivity index (χ3v) is 1.12. The first kappa shape index (κ1) is 14.5. The third kappa shape index (κ3) is 11.0. The Labute approximate surface area is 85.7 Å². The molecular weight excluding hydrogens is 186 g/mol. The fraction of sp³-hybridized carbons (Fsp3) is 1.00. The van der Waals surface area contributed by atoms with E-state index in [1.807, 2.05) is 0 Å². The van der Waals surface area contributed by atoms with Gasteiger partial charge in [-0.05, 0) is 0 Å². The second kappa shape index (κ2) is 6.54. The molecule has 0 bridgehead atoms. The maximum Gasteiger partial charge on any atom is 1.00 e. The molecule has 0 heterocycles. The van der Waals surface area contributed by atoms with Crippen molar-refractivity contribution in [2.24, 2.45) is 0 Å². The zero-order valence-corrected chi connectivity index (χ0v) is 8.90. The molecule has 0 aromatic heterocycles. The van der Waals surface area contributed by atoms with Crippen molar-refractivity contribution < 1.29 is 58.6 Å². The second-order valence-corrected chi connectivity index (χ2v) is 2.83. The van der Waals surface area contributed by atoms with Crippen molar-refractivity contribution in [1.29, 1.82) is 0 Å². The Morgan fingerprint density at radius 3 is 2.27 bits per heavy atom. The van der Waals surface area contributed by atoms with Crippen LogP contribution in [-0.2, 0) is 9.09 Å². The van der Waals surface area contributed by atoms with Crippen LogP contribution in [0.2, 0.25) is 0 Å². The molecule has 0 rings (SSSR count). The van der Waals surface area contributed by atoms with E-state index in [2.05, 4.69) is 4.52 Å². The number of aliphatic hydroxyl groups is 1. The first-order valence-electron chi connectivity index (χ1n) is 2.42. The summed E-state index contributed by atoms with van der Waals surface area (Å²) in [5.41, 5.74) is 0. The van der Waals surface area contributed by atoms with E-state index in [9.17, 15) is 9.67 Å². The van der Waals surface area contributed by atoms with E-state index in [4.69, 9.17) is 14.9 Å². The molecule has 1 unspecified atom stereocenters. The first-order valence-corrected chi connectivity index (χ1v) is 3.95. The molecular formula is C3H8NaO6P. The Kier molecular flexibility index (Phi) is 8.64. The minimum absolute atomic E-state index is 0. The molecule has 0 saturated heterocycles. The molecule has 0 aromatic rings. The van der Waals surface area contributed by atoms with Crippen LogP contribution in [0, 0.1) is 0 Å². The molecule has 6 nitrogen and oxygen atoms in total. The van der Waals surface area contributed by atoms with Gasteiger partial charge in [-0.15, -0.1) is 0 Å². The van der Waals surface area contributed by atoms with Gasteiger partial charge >= 0.3 is 37.4 Å². The Morgan fingerprint density at radius 1 is 1.55 bits per heavy atom. The van der Waals surface area contributed by atoms with Gasteiger partial charge in [0, 0.05) is 13.2 Å². The predicted octanol–water partition coefficient (Wildman–Crippen LogP) is -5.18. The van der Waals surface area contributed by atoms with Crippen LogP contribution in [0.1, 0.15) is 0 Å². The van der Waals surface area contributed by atoms with Gasteiger partial charge in [-0.1, -0.05) is 6.10 Å². The smallest absolute Gasteiger partial charge is 0.849 e. The monoisotopic (exact) mass is 194 g/mol. The molecule has 8 heteroatoms. The van der Waals surface area contributed by atoms with E-state index in [0.717, 1.165) is 0 Å². The quantitative estimate of drug-likeness (QED) is 0.305. The number of rotatable bonds is 4. The van der Waals surface area contributed by atoms with Crippen LogP contribution in [0.3, 0.4) is 0 Å². The van der Waals surface area contributed by atoms with Crippen LogP contribution in [0.25, 0.3) is 0 Å². The summed E-state index contributed by atoms with van der Waals surface area (Å²) in [5, 5.41) is 18.3. The van der Waals surface area contributed by atoms with Gasteiger partial charge in [0.05, 0.1) is 0 Å². The molecule has 0 radical (unpaired) electrons. The summed E-state index contributed by atoms with van der Waals surface area (Å²) in [6.07, 6.45) is -1.49. The van der Waals surface area contributed by atoms with Gasteiger partial charge in [0.25, 0.3) is 0 Å². The van der Waals surface area contributed by atoms with Crippen molar-refractivity contribution in [1.82, 2.24) is 0 Å². The fourth-order valence-corrected chi connectivity index (χ4v) is 0.593. The van der Waals surface area contributed by atoms with Gasteiger partial charge in [0.1, 0.15) is 0 Å². The van der Waals surface area contributed by atoms with Crippen LogP contribution in [-0.4, -0.2) is 34.2 Å². The van der Waals surface area contributed by atoms with Crippen molar-refractivity contribution in [3.63, 3.8) is 0 Å². The van der Waals surface area contributed by atoms with Crippen molar-refractivity contribution in [3.8, 4) is 0 Å². The minimum Gasteiger partial charge on any atom is -0.849 e. The molecule has 3 N–H and O–H groups in total. The molecule has 0 amide bonds. The molecule has 0 spiro atoms. The van der Waals surface area contributed by atoms with Crippen LogP contribution in [0.15, 0.2) is 0 Å². The van der Waals surface area contributed by atoms with Gasteiger partial charge in [-0.2, -0.15) is 0 Å². The summed E-state index contributed by atoms with van der Waals surface area (Å²) in [6.45, 7) is -1.37. The standard InChI is InChI=1S/C3H8O6P.Na/c4-1-3(5)2-9-10(6,7)8;/h3-4H,1-2H2,(H2,6,7,8);/q-1;+1. The summed E-state index contributed by atoms with van der Waals surface area (Å²) in [6, 6.07) is 0. The Bertz CT molecular complexity index is 134. The summed E-state index contributed by atoms with van der Waals surface area (Å²) in [4.78, 5) is 16.1. The van der Waals surface area contributed by atoms with E-state index in [-0.39, 0.29) is 29.6 Å². The number of hydrogen-bond acceptors (Lipinski definition) is 4. The maximum atomic E-state index is 10.2. The van der Waals surface area contributed by atoms with Crippen LogP contribution < -0.4 is 34.7 Å². The van der Waals surface area contributed by atoms with E-state index in [1.165, 1.54) is 0 Å². The maximum absolute atomic E-state index is 10.2. The van der Waals surface area contributed by atoms with Gasteiger partial charge in [0.15, 0.2) is 0 Å². The van der Waals surface area contributed by atoms with E-state index >= 15 is 0 Å². The minimum atomic E-state index is -4.54. The van der Waals surface area contributed by atoms with Crippen LogP contribution in [0.4, 0.5) is 0 Å². The molecule has 0 aromatic carbocycles. The molecule has 0 aliphatic heterocycles. The number of hydrogen-bond donors (Lipinski definition) is 3. The van der Waals surface area contributed by atoms with Crippen molar-refractivity contribution in [2.75, 3.05) is 13.2 Å². The first-order chi connectivity index (χ1) is 4.45. The molecule has 0 fully saturated rings. The third-order valence-electron chi connectivity index (χ3n) is 0.632. The fourth-order valence-electron chi connectivity index (χ4n) is 0.233. The Balaban J connectivity index is 0. The van der Waals surface area contributed by atoms with E-state index in [0.29, 0.717) is 0 Å². The molecule has 0 aliphatic carbocycles. The Morgan fingerprint density at radius 2 is 2.00 bits per heavy atom. The summed E-state index contributed by atoms with van der Waals surface area (Å²) >= 11 is 0. The van der Waals surface area contributed by atoms with Gasteiger partial charge in [-0.25, -0.2) is 4.57 Å². The van der Waals surface area contributed by atoms with Crippen molar-refractivity contribution >= 4 is 7.82 Å². The SMILES string of the molecule is O=P(O)(O)OCC([O-])CO.[Na+]. The summed E-state index contributed by atoms with van der Waals surface area (Å²) < 4.78 is 13.7. The normalized spacial score (nSPS) is 13.8. The molecule has 0 aliphatic rings.